The van der Waals surface area contributed by atoms with Crippen molar-refractivity contribution in [1.82, 2.24) is 9.78 Å². The molecule has 0 aliphatic rings. The first-order valence-electron chi connectivity index (χ1n) is 7.97. The third kappa shape index (κ3) is 4.61. The number of benzene rings is 2. The Morgan fingerprint density at radius 2 is 2.08 bits per heavy atom. The molecule has 0 spiro atoms. The van der Waals surface area contributed by atoms with Crippen LogP contribution in [0.3, 0.4) is 0 Å². The minimum absolute atomic E-state index is 0.155. The molecule has 1 amide bonds. The molecule has 3 rings (SSSR count). The van der Waals surface area contributed by atoms with Crippen LogP contribution in [0.15, 0.2) is 54.7 Å². The second kappa shape index (κ2) is 8.01. The zero-order valence-electron chi connectivity index (χ0n) is 14.1. The lowest BCUT2D eigenvalue weighted by Crippen LogP contribution is -2.21. The van der Waals surface area contributed by atoms with Crippen LogP contribution in [0.2, 0.25) is 5.02 Å². The highest BCUT2D eigenvalue weighted by Crippen LogP contribution is 2.21. The maximum absolute atomic E-state index is 13.3. The minimum atomic E-state index is -0.369. The van der Waals surface area contributed by atoms with Crippen LogP contribution >= 0.6 is 11.6 Å². The molecule has 0 saturated carbocycles. The summed E-state index contributed by atoms with van der Waals surface area (Å²) >= 11 is 6.12. The van der Waals surface area contributed by atoms with Crippen LogP contribution in [-0.2, 0) is 11.3 Å². The van der Waals surface area contributed by atoms with Crippen LogP contribution in [-0.4, -0.2) is 22.3 Å². The second-order valence-electron chi connectivity index (χ2n) is 5.76. The summed E-state index contributed by atoms with van der Waals surface area (Å²) in [5.74, 6) is 0.195. The van der Waals surface area contributed by atoms with E-state index in [1.54, 1.807) is 24.4 Å². The molecule has 0 radical (unpaired) electrons. The number of rotatable bonds is 6. The molecule has 0 aliphatic carbocycles. The summed E-state index contributed by atoms with van der Waals surface area (Å²) in [7, 11) is 0. The van der Waals surface area contributed by atoms with E-state index < -0.39 is 0 Å². The Morgan fingerprint density at radius 3 is 2.85 bits per heavy atom. The van der Waals surface area contributed by atoms with Gasteiger partial charge in [0, 0.05) is 6.20 Å². The predicted octanol–water partition coefficient (Wildman–Crippen LogP) is 4.05. The standard InChI is InChI=1S/C19H17ClFN3O2/c1-13-5-2-3-8-17(13)26-12-18(25)22-19-16(20)11-24(23-19)10-14-6-4-7-15(21)9-14/h2-9,11H,10,12H2,1H3,(H,22,23,25). The Hall–Kier alpha value is -2.86. The van der Waals surface area contributed by atoms with Gasteiger partial charge in [-0.15, -0.1) is 0 Å². The van der Waals surface area contributed by atoms with Crippen LogP contribution in [0.25, 0.3) is 0 Å². The number of anilines is 1. The number of aryl methyl sites for hydroxylation is 1. The lowest BCUT2D eigenvalue weighted by atomic mass is 10.2. The molecule has 1 aromatic heterocycles. The van der Waals surface area contributed by atoms with Gasteiger partial charge in [-0.1, -0.05) is 41.9 Å². The number of aromatic nitrogens is 2. The summed E-state index contributed by atoms with van der Waals surface area (Å²) in [5, 5.41) is 7.13. The number of halogens is 2. The van der Waals surface area contributed by atoms with Crippen molar-refractivity contribution in [3.63, 3.8) is 0 Å². The molecule has 0 unspecified atom stereocenters. The fourth-order valence-electron chi connectivity index (χ4n) is 2.41. The number of carbonyl (C=O) groups is 1. The summed E-state index contributed by atoms with van der Waals surface area (Å²) in [6.45, 7) is 2.09. The third-order valence-electron chi connectivity index (χ3n) is 3.66. The zero-order valence-corrected chi connectivity index (χ0v) is 14.8. The Kier molecular flexibility index (Phi) is 5.53. The second-order valence-corrected chi connectivity index (χ2v) is 6.16. The first kappa shape index (κ1) is 17.9. The van der Waals surface area contributed by atoms with Gasteiger partial charge in [0.2, 0.25) is 0 Å². The summed E-state index contributed by atoms with van der Waals surface area (Å²) in [5.41, 5.74) is 1.68. The molecule has 2 aromatic carbocycles. The van der Waals surface area contributed by atoms with Crippen LogP contribution in [0, 0.1) is 12.7 Å². The van der Waals surface area contributed by atoms with E-state index in [1.165, 1.54) is 16.8 Å². The quantitative estimate of drug-likeness (QED) is 0.709. The zero-order chi connectivity index (χ0) is 18.5. The number of hydrogen-bond donors (Lipinski definition) is 1. The highest BCUT2D eigenvalue weighted by molar-refractivity contribution is 6.33. The fraction of sp³-hybridized carbons (Fsp3) is 0.158. The smallest absolute Gasteiger partial charge is 0.263 e. The molecular formula is C19H17ClFN3O2. The molecule has 5 nitrogen and oxygen atoms in total. The molecule has 134 valence electrons. The van der Waals surface area contributed by atoms with E-state index in [9.17, 15) is 9.18 Å². The van der Waals surface area contributed by atoms with Gasteiger partial charge in [-0.05, 0) is 36.2 Å². The molecule has 1 heterocycles. The molecule has 7 heteroatoms. The number of carbonyl (C=O) groups excluding carboxylic acids is 1. The van der Waals surface area contributed by atoms with Crippen molar-refractivity contribution in [2.24, 2.45) is 0 Å². The van der Waals surface area contributed by atoms with Crippen molar-refractivity contribution in [2.45, 2.75) is 13.5 Å². The van der Waals surface area contributed by atoms with Gasteiger partial charge in [0.1, 0.15) is 16.6 Å². The van der Waals surface area contributed by atoms with Crippen LogP contribution < -0.4 is 10.1 Å². The average molecular weight is 374 g/mol. The molecule has 0 fully saturated rings. The average Bonchev–Trinajstić information content (AvgIpc) is 2.93. The Bertz CT molecular complexity index is 927. The molecule has 0 bridgehead atoms. The highest BCUT2D eigenvalue weighted by Gasteiger charge is 2.12. The first-order valence-corrected chi connectivity index (χ1v) is 8.35. The fourth-order valence-corrected chi connectivity index (χ4v) is 2.61. The topological polar surface area (TPSA) is 56.1 Å². The number of amides is 1. The molecule has 0 saturated heterocycles. The van der Waals surface area contributed by atoms with E-state index in [4.69, 9.17) is 16.3 Å². The van der Waals surface area contributed by atoms with Crippen molar-refractivity contribution < 1.29 is 13.9 Å². The molecule has 26 heavy (non-hydrogen) atoms. The Balaban J connectivity index is 1.60. The van der Waals surface area contributed by atoms with Crippen LogP contribution in [0.1, 0.15) is 11.1 Å². The number of nitrogens with zero attached hydrogens (tertiary/aromatic N) is 2. The summed E-state index contributed by atoms with van der Waals surface area (Å²) in [4.78, 5) is 12.1. The Labute approximate surface area is 155 Å². The van der Waals surface area contributed by atoms with E-state index >= 15 is 0 Å². The van der Waals surface area contributed by atoms with Gasteiger partial charge in [0.15, 0.2) is 12.4 Å². The third-order valence-corrected chi connectivity index (χ3v) is 3.94. The number of hydrogen-bond acceptors (Lipinski definition) is 3. The number of para-hydroxylation sites is 1. The molecule has 0 aliphatic heterocycles. The van der Waals surface area contributed by atoms with Gasteiger partial charge >= 0.3 is 0 Å². The lowest BCUT2D eigenvalue weighted by Gasteiger charge is -2.08. The largest absolute Gasteiger partial charge is 0.483 e. The van der Waals surface area contributed by atoms with Gasteiger partial charge < -0.3 is 10.1 Å². The SMILES string of the molecule is Cc1ccccc1OCC(=O)Nc1nn(Cc2cccc(F)c2)cc1Cl. The Morgan fingerprint density at radius 1 is 1.27 bits per heavy atom. The molecule has 1 N–H and O–H groups in total. The van der Waals surface area contributed by atoms with Crippen molar-refractivity contribution in [1.29, 1.82) is 0 Å². The minimum Gasteiger partial charge on any atom is -0.483 e. The normalized spacial score (nSPS) is 10.6. The molecule has 3 aromatic rings. The van der Waals surface area contributed by atoms with E-state index in [0.717, 1.165) is 11.1 Å². The van der Waals surface area contributed by atoms with Gasteiger partial charge in [-0.2, -0.15) is 5.10 Å². The highest BCUT2D eigenvalue weighted by atomic mass is 35.5. The van der Waals surface area contributed by atoms with Crippen LogP contribution in [0.5, 0.6) is 5.75 Å². The van der Waals surface area contributed by atoms with Gasteiger partial charge in [-0.25, -0.2) is 4.39 Å². The molecular weight excluding hydrogens is 357 g/mol. The molecule has 0 atom stereocenters. The van der Waals surface area contributed by atoms with Crippen molar-refractivity contribution in [3.05, 3.63) is 76.7 Å². The maximum atomic E-state index is 13.3. The van der Waals surface area contributed by atoms with Crippen molar-refractivity contribution >= 4 is 23.3 Å². The predicted molar refractivity (Wildman–Crippen MR) is 98.0 cm³/mol. The summed E-state index contributed by atoms with van der Waals surface area (Å²) < 4.78 is 20.3. The number of nitrogens with one attached hydrogen (secondary N) is 1. The first-order chi connectivity index (χ1) is 12.5. The monoisotopic (exact) mass is 373 g/mol. The lowest BCUT2D eigenvalue weighted by molar-refractivity contribution is -0.118. The van der Waals surface area contributed by atoms with Gasteiger partial charge in [0.25, 0.3) is 5.91 Å². The number of ether oxygens (including phenoxy) is 1. The maximum Gasteiger partial charge on any atom is 0.263 e. The van der Waals surface area contributed by atoms with Crippen molar-refractivity contribution in [2.75, 3.05) is 11.9 Å². The summed E-state index contributed by atoms with van der Waals surface area (Å²) in [6.07, 6.45) is 1.57. The van der Waals surface area contributed by atoms with E-state index in [0.29, 0.717) is 17.3 Å². The van der Waals surface area contributed by atoms with Gasteiger partial charge in [-0.3, -0.25) is 9.48 Å². The van der Waals surface area contributed by atoms with E-state index in [1.807, 2.05) is 25.1 Å². The van der Waals surface area contributed by atoms with Crippen LogP contribution in [0.4, 0.5) is 10.2 Å². The van der Waals surface area contributed by atoms with E-state index in [2.05, 4.69) is 10.4 Å². The van der Waals surface area contributed by atoms with E-state index in [-0.39, 0.29) is 24.1 Å². The van der Waals surface area contributed by atoms with Crippen molar-refractivity contribution in [3.8, 4) is 5.75 Å². The van der Waals surface area contributed by atoms with Gasteiger partial charge in [0.05, 0.1) is 6.54 Å². The summed E-state index contributed by atoms with van der Waals surface area (Å²) in [6, 6.07) is 13.6.